The number of amides is 2. The first kappa shape index (κ1) is 23.5. The van der Waals surface area contributed by atoms with Crippen LogP contribution in [0.3, 0.4) is 0 Å². The van der Waals surface area contributed by atoms with Gasteiger partial charge in [0.2, 0.25) is 0 Å². The van der Waals surface area contributed by atoms with Crippen molar-refractivity contribution in [2.24, 2.45) is 0 Å². The Bertz CT molecular complexity index is 1210. The van der Waals surface area contributed by atoms with E-state index in [-0.39, 0.29) is 17.9 Å². The molecule has 7 heteroatoms. The first-order valence-electron chi connectivity index (χ1n) is 13.1. The van der Waals surface area contributed by atoms with Crippen molar-refractivity contribution in [3.63, 3.8) is 0 Å². The van der Waals surface area contributed by atoms with Gasteiger partial charge in [0.1, 0.15) is 11.3 Å². The van der Waals surface area contributed by atoms with Gasteiger partial charge in [-0.3, -0.25) is 9.59 Å². The highest BCUT2D eigenvalue weighted by Crippen LogP contribution is 2.27. The molecular formula is C28H35N5O2. The number of rotatable bonds is 5. The maximum Gasteiger partial charge on any atom is 0.256 e. The molecule has 2 aromatic heterocycles. The number of carbonyl (C=O) groups excluding carboxylic acids is 2. The minimum atomic E-state index is 0.0449. The first-order chi connectivity index (χ1) is 17.1. The maximum absolute atomic E-state index is 14.0. The van der Waals surface area contributed by atoms with E-state index in [2.05, 4.69) is 11.5 Å². The second-order valence-corrected chi connectivity index (χ2v) is 9.86. The van der Waals surface area contributed by atoms with Gasteiger partial charge < -0.3 is 14.4 Å². The zero-order chi connectivity index (χ0) is 24.4. The summed E-state index contributed by atoms with van der Waals surface area (Å²) in [5, 5.41) is 0. The number of hydrogen-bond donors (Lipinski definition) is 0. The summed E-state index contributed by atoms with van der Waals surface area (Å²) in [6.07, 6.45) is 6.87. The summed E-state index contributed by atoms with van der Waals surface area (Å²) in [7, 11) is 0. The number of likely N-dealkylation sites (tertiary alicyclic amines) is 1. The molecule has 0 N–H and O–H groups in total. The first-order valence-corrected chi connectivity index (χ1v) is 13.1. The molecule has 2 aliphatic rings. The number of carbonyl (C=O) groups is 2. The van der Waals surface area contributed by atoms with E-state index in [1.165, 1.54) is 6.42 Å². The van der Waals surface area contributed by atoms with Crippen LogP contribution in [0.15, 0.2) is 36.4 Å². The Balaban J connectivity index is 1.38. The number of piperidine rings is 1. The van der Waals surface area contributed by atoms with E-state index < -0.39 is 0 Å². The fourth-order valence-electron chi connectivity index (χ4n) is 5.57. The summed E-state index contributed by atoms with van der Waals surface area (Å²) in [5.74, 6) is 1.17. The molecule has 35 heavy (non-hydrogen) atoms. The van der Waals surface area contributed by atoms with E-state index in [9.17, 15) is 9.59 Å². The molecular weight excluding hydrogens is 438 g/mol. The standard InChI is InChI=1S/C28H35N5O2/c1-3-15-32(22-13-17-31(18-14-22)27(34)21-10-6-4-7-11-21)28(35)23-19-20(2)29-26-25(23)30-24-12-8-5-9-16-33(24)26/h4,6-7,10-11,19,22H,3,5,8-9,12-18H2,1-2H3. The molecule has 1 aromatic carbocycles. The van der Waals surface area contributed by atoms with Crippen molar-refractivity contribution in [3.05, 3.63) is 59.0 Å². The molecule has 0 unspecified atom stereocenters. The van der Waals surface area contributed by atoms with E-state index in [0.717, 1.165) is 73.3 Å². The zero-order valence-electron chi connectivity index (χ0n) is 20.9. The van der Waals surface area contributed by atoms with Crippen LogP contribution in [0.25, 0.3) is 11.2 Å². The molecule has 0 saturated carbocycles. The molecule has 7 nitrogen and oxygen atoms in total. The number of pyridine rings is 1. The van der Waals surface area contributed by atoms with E-state index in [4.69, 9.17) is 9.97 Å². The summed E-state index contributed by atoms with van der Waals surface area (Å²) in [4.78, 5) is 40.6. The van der Waals surface area contributed by atoms with Gasteiger partial charge in [-0.25, -0.2) is 9.97 Å². The fourth-order valence-corrected chi connectivity index (χ4v) is 5.57. The minimum absolute atomic E-state index is 0.0449. The lowest BCUT2D eigenvalue weighted by molar-refractivity contribution is 0.0520. The van der Waals surface area contributed by atoms with Crippen LogP contribution >= 0.6 is 0 Å². The normalized spacial score (nSPS) is 16.7. The van der Waals surface area contributed by atoms with Crippen molar-refractivity contribution in [2.75, 3.05) is 19.6 Å². The Kier molecular flexibility index (Phi) is 6.84. The van der Waals surface area contributed by atoms with Crippen molar-refractivity contribution in [1.29, 1.82) is 0 Å². The van der Waals surface area contributed by atoms with Crippen LogP contribution in [0.4, 0.5) is 0 Å². The highest BCUT2D eigenvalue weighted by atomic mass is 16.2. The maximum atomic E-state index is 14.0. The van der Waals surface area contributed by atoms with Gasteiger partial charge in [-0.15, -0.1) is 0 Å². The van der Waals surface area contributed by atoms with E-state index in [1.807, 2.05) is 53.1 Å². The van der Waals surface area contributed by atoms with Gasteiger partial charge in [0.05, 0.1) is 5.56 Å². The molecule has 0 bridgehead atoms. The predicted octanol–water partition coefficient (Wildman–Crippen LogP) is 4.62. The molecule has 184 valence electrons. The molecule has 1 saturated heterocycles. The van der Waals surface area contributed by atoms with E-state index in [0.29, 0.717) is 25.2 Å². The number of aromatic nitrogens is 3. The summed E-state index contributed by atoms with van der Waals surface area (Å²) >= 11 is 0. The second-order valence-electron chi connectivity index (χ2n) is 9.86. The SMILES string of the molecule is CCCN(C(=O)c1cc(C)nc2c1nc1n2CCCCC1)C1CCN(C(=O)c2ccccc2)CC1. The number of fused-ring (bicyclic) bond motifs is 3. The van der Waals surface area contributed by atoms with E-state index >= 15 is 0 Å². The quantitative estimate of drug-likeness (QED) is 0.542. The van der Waals surface area contributed by atoms with Crippen LogP contribution in [0.2, 0.25) is 0 Å². The summed E-state index contributed by atoms with van der Waals surface area (Å²) in [6, 6.07) is 11.5. The third-order valence-corrected chi connectivity index (χ3v) is 7.36. The fraction of sp³-hybridized carbons (Fsp3) is 0.500. The van der Waals surface area contributed by atoms with Crippen LogP contribution < -0.4 is 0 Å². The van der Waals surface area contributed by atoms with Crippen molar-refractivity contribution in [3.8, 4) is 0 Å². The highest BCUT2D eigenvalue weighted by molar-refractivity contribution is 6.04. The third-order valence-electron chi connectivity index (χ3n) is 7.36. The molecule has 0 radical (unpaired) electrons. The molecule has 3 aromatic rings. The van der Waals surface area contributed by atoms with E-state index in [1.54, 1.807) is 0 Å². The largest absolute Gasteiger partial charge is 0.338 e. The molecule has 0 aliphatic carbocycles. The number of aryl methyl sites for hydroxylation is 3. The monoisotopic (exact) mass is 473 g/mol. The topological polar surface area (TPSA) is 71.3 Å². The number of imidazole rings is 1. The predicted molar refractivity (Wildman–Crippen MR) is 137 cm³/mol. The van der Waals surface area contributed by atoms with Crippen molar-refractivity contribution >= 4 is 23.0 Å². The molecule has 2 amide bonds. The second kappa shape index (κ2) is 10.2. The Morgan fingerprint density at radius 1 is 1.03 bits per heavy atom. The zero-order valence-corrected chi connectivity index (χ0v) is 20.9. The van der Waals surface area contributed by atoms with Crippen LogP contribution in [-0.2, 0) is 13.0 Å². The Labute approximate surface area is 207 Å². The summed E-state index contributed by atoms with van der Waals surface area (Å²) in [5.41, 5.74) is 3.85. The van der Waals surface area contributed by atoms with Gasteiger partial charge in [0, 0.05) is 49.9 Å². The molecule has 2 aliphatic heterocycles. The van der Waals surface area contributed by atoms with Crippen LogP contribution in [0.1, 0.15) is 77.7 Å². The highest BCUT2D eigenvalue weighted by Gasteiger charge is 2.32. The van der Waals surface area contributed by atoms with Gasteiger partial charge in [-0.1, -0.05) is 31.5 Å². The number of benzene rings is 1. The van der Waals surface area contributed by atoms with Crippen LogP contribution in [-0.4, -0.2) is 61.8 Å². The molecule has 0 atom stereocenters. The Morgan fingerprint density at radius 2 is 1.80 bits per heavy atom. The number of nitrogens with zero attached hydrogens (tertiary/aromatic N) is 5. The van der Waals surface area contributed by atoms with Crippen LogP contribution in [0, 0.1) is 6.92 Å². The van der Waals surface area contributed by atoms with Gasteiger partial charge in [-0.05, 0) is 57.2 Å². The Hall–Kier alpha value is -3.22. The lowest BCUT2D eigenvalue weighted by Gasteiger charge is -2.38. The van der Waals surface area contributed by atoms with Gasteiger partial charge in [-0.2, -0.15) is 0 Å². The molecule has 5 rings (SSSR count). The molecule has 0 spiro atoms. The molecule has 1 fully saturated rings. The van der Waals surface area contributed by atoms with Crippen molar-refractivity contribution < 1.29 is 9.59 Å². The summed E-state index contributed by atoms with van der Waals surface area (Å²) in [6.45, 7) is 7.02. The van der Waals surface area contributed by atoms with Crippen LogP contribution in [0.5, 0.6) is 0 Å². The van der Waals surface area contributed by atoms with Gasteiger partial charge >= 0.3 is 0 Å². The van der Waals surface area contributed by atoms with Gasteiger partial charge in [0.25, 0.3) is 11.8 Å². The average Bonchev–Trinajstić information content (AvgIpc) is 3.06. The minimum Gasteiger partial charge on any atom is -0.338 e. The van der Waals surface area contributed by atoms with Crippen molar-refractivity contribution in [1.82, 2.24) is 24.3 Å². The lowest BCUT2D eigenvalue weighted by atomic mass is 10.0. The number of hydrogen-bond acceptors (Lipinski definition) is 4. The summed E-state index contributed by atoms with van der Waals surface area (Å²) < 4.78 is 2.23. The van der Waals surface area contributed by atoms with Crippen molar-refractivity contribution in [2.45, 2.75) is 71.4 Å². The Morgan fingerprint density at radius 3 is 2.54 bits per heavy atom. The van der Waals surface area contributed by atoms with Gasteiger partial charge in [0.15, 0.2) is 5.65 Å². The average molecular weight is 474 g/mol. The third kappa shape index (κ3) is 4.68. The smallest absolute Gasteiger partial charge is 0.256 e. The lowest BCUT2D eigenvalue weighted by Crippen LogP contribution is -2.49. The molecule has 4 heterocycles.